The summed E-state index contributed by atoms with van der Waals surface area (Å²) in [6, 6.07) is 19.1. The highest BCUT2D eigenvalue weighted by atomic mass is 127. The lowest BCUT2D eigenvalue weighted by Crippen LogP contribution is -2.38. The van der Waals surface area contributed by atoms with Crippen LogP contribution in [0.15, 0.2) is 59.6 Å². The maximum absolute atomic E-state index is 4.28. The summed E-state index contributed by atoms with van der Waals surface area (Å²) in [6.45, 7) is 4.99. The molecule has 0 aliphatic carbocycles. The van der Waals surface area contributed by atoms with E-state index in [2.05, 4.69) is 78.0 Å². The van der Waals surface area contributed by atoms with Crippen molar-refractivity contribution in [3.8, 4) is 0 Å². The number of nitrogens with zero attached hydrogens (tertiary/aromatic N) is 1. The molecular formula is C18H24IN3. The zero-order chi connectivity index (χ0) is 15.1. The SMILES string of the molecule is CN=C(NCc1ccc(C)cc1)NC(C)c1ccccc1.I. The number of guanidine groups is 1. The van der Waals surface area contributed by atoms with Crippen LogP contribution < -0.4 is 10.6 Å². The number of halogens is 1. The first-order valence-corrected chi connectivity index (χ1v) is 7.26. The Kier molecular flexibility index (Phi) is 7.95. The van der Waals surface area contributed by atoms with Gasteiger partial charge in [0.2, 0.25) is 0 Å². The van der Waals surface area contributed by atoms with Crippen LogP contribution in [-0.2, 0) is 6.54 Å². The number of hydrogen-bond donors (Lipinski definition) is 2. The lowest BCUT2D eigenvalue weighted by molar-refractivity contribution is 0.685. The smallest absolute Gasteiger partial charge is 0.191 e. The van der Waals surface area contributed by atoms with E-state index in [4.69, 9.17) is 0 Å². The highest BCUT2D eigenvalue weighted by molar-refractivity contribution is 14.0. The number of nitrogens with one attached hydrogen (secondary N) is 2. The van der Waals surface area contributed by atoms with Gasteiger partial charge in [0.1, 0.15) is 0 Å². The van der Waals surface area contributed by atoms with Crippen molar-refractivity contribution in [3.63, 3.8) is 0 Å². The van der Waals surface area contributed by atoms with E-state index in [-0.39, 0.29) is 30.0 Å². The first kappa shape index (κ1) is 18.5. The Labute approximate surface area is 150 Å². The van der Waals surface area contributed by atoms with Crippen LogP contribution in [0.3, 0.4) is 0 Å². The molecule has 0 saturated carbocycles. The summed E-state index contributed by atoms with van der Waals surface area (Å²) in [7, 11) is 1.79. The minimum Gasteiger partial charge on any atom is -0.352 e. The van der Waals surface area contributed by atoms with E-state index < -0.39 is 0 Å². The second kappa shape index (κ2) is 9.46. The molecule has 2 aromatic carbocycles. The van der Waals surface area contributed by atoms with Crippen molar-refractivity contribution in [2.45, 2.75) is 26.4 Å². The van der Waals surface area contributed by atoms with Gasteiger partial charge in [-0.2, -0.15) is 0 Å². The molecule has 0 amide bonds. The molecule has 0 fully saturated rings. The average molecular weight is 409 g/mol. The lowest BCUT2D eigenvalue weighted by Gasteiger charge is -2.18. The van der Waals surface area contributed by atoms with E-state index in [0.29, 0.717) is 0 Å². The molecule has 0 aromatic heterocycles. The second-order valence-electron chi connectivity index (χ2n) is 5.19. The van der Waals surface area contributed by atoms with Crippen molar-refractivity contribution in [1.82, 2.24) is 10.6 Å². The van der Waals surface area contributed by atoms with E-state index in [1.807, 2.05) is 6.07 Å². The van der Waals surface area contributed by atoms with Crippen LogP contribution in [0, 0.1) is 6.92 Å². The molecule has 1 unspecified atom stereocenters. The Morgan fingerprint density at radius 2 is 1.68 bits per heavy atom. The van der Waals surface area contributed by atoms with Crippen molar-refractivity contribution in [2.75, 3.05) is 7.05 Å². The molecule has 0 saturated heterocycles. The van der Waals surface area contributed by atoms with Gasteiger partial charge in [-0.25, -0.2) is 0 Å². The number of rotatable bonds is 4. The Hall–Kier alpha value is -1.56. The highest BCUT2D eigenvalue weighted by Crippen LogP contribution is 2.10. The van der Waals surface area contributed by atoms with Crippen LogP contribution in [0.1, 0.15) is 29.7 Å². The van der Waals surface area contributed by atoms with E-state index in [9.17, 15) is 0 Å². The molecule has 118 valence electrons. The van der Waals surface area contributed by atoms with Crippen molar-refractivity contribution in [2.24, 2.45) is 4.99 Å². The van der Waals surface area contributed by atoms with Gasteiger partial charge in [-0.3, -0.25) is 4.99 Å². The fraction of sp³-hybridized carbons (Fsp3) is 0.278. The van der Waals surface area contributed by atoms with Gasteiger partial charge < -0.3 is 10.6 Å². The maximum atomic E-state index is 4.28. The standard InChI is InChI=1S/C18H23N3.HI/c1-14-9-11-16(12-10-14)13-20-18(19-3)21-15(2)17-7-5-4-6-8-17;/h4-12,15H,13H2,1-3H3,(H2,19,20,21);1H. The lowest BCUT2D eigenvalue weighted by atomic mass is 10.1. The minimum absolute atomic E-state index is 0. The molecule has 2 rings (SSSR count). The van der Waals surface area contributed by atoms with E-state index in [0.717, 1.165) is 12.5 Å². The van der Waals surface area contributed by atoms with Gasteiger partial charge in [-0.05, 0) is 25.0 Å². The number of benzene rings is 2. The largest absolute Gasteiger partial charge is 0.352 e. The summed E-state index contributed by atoms with van der Waals surface area (Å²) in [5, 5.41) is 6.75. The van der Waals surface area contributed by atoms with Gasteiger partial charge in [-0.1, -0.05) is 60.2 Å². The molecule has 1 atom stereocenters. The quantitative estimate of drug-likeness (QED) is 0.454. The van der Waals surface area contributed by atoms with Gasteiger partial charge in [0.05, 0.1) is 6.04 Å². The van der Waals surface area contributed by atoms with Crippen molar-refractivity contribution >= 4 is 29.9 Å². The maximum Gasteiger partial charge on any atom is 0.191 e. The fourth-order valence-corrected chi connectivity index (χ4v) is 2.12. The van der Waals surface area contributed by atoms with Crippen molar-refractivity contribution in [1.29, 1.82) is 0 Å². The third-order valence-electron chi connectivity index (χ3n) is 3.46. The molecule has 0 bridgehead atoms. The van der Waals surface area contributed by atoms with Crippen molar-refractivity contribution in [3.05, 3.63) is 71.3 Å². The zero-order valence-corrected chi connectivity index (χ0v) is 15.7. The van der Waals surface area contributed by atoms with Gasteiger partial charge in [0.15, 0.2) is 5.96 Å². The van der Waals surface area contributed by atoms with Gasteiger partial charge in [0, 0.05) is 13.6 Å². The van der Waals surface area contributed by atoms with Crippen LogP contribution in [0.25, 0.3) is 0 Å². The summed E-state index contributed by atoms with van der Waals surface area (Å²) in [6.07, 6.45) is 0. The molecular weight excluding hydrogens is 385 g/mol. The second-order valence-corrected chi connectivity index (χ2v) is 5.19. The Balaban J connectivity index is 0.00000242. The Morgan fingerprint density at radius 3 is 2.27 bits per heavy atom. The molecule has 0 aliphatic heterocycles. The summed E-state index contributed by atoms with van der Waals surface area (Å²) in [5.41, 5.74) is 3.77. The molecule has 22 heavy (non-hydrogen) atoms. The topological polar surface area (TPSA) is 36.4 Å². The number of aliphatic imine (C=N–C) groups is 1. The predicted octanol–water partition coefficient (Wildman–Crippen LogP) is 4.04. The summed E-state index contributed by atoms with van der Waals surface area (Å²) < 4.78 is 0. The fourth-order valence-electron chi connectivity index (χ4n) is 2.12. The first-order chi connectivity index (χ1) is 10.2. The van der Waals surface area contributed by atoms with Gasteiger partial charge in [-0.15, -0.1) is 24.0 Å². The average Bonchev–Trinajstić information content (AvgIpc) is 2.53. The molecule has 0 spiro atoms. The third-order valence-corrected chi connectivity index (χ3v) is 3.46. The van der Waals surface area contributed by atoms with Gasteiger partial charge in [0.25, 0.3) is 0 Å². The van der Waals surface area contributed by atoms with Crippen LogP contribution in [0.4, 0.5) is 0 Å². The minimum atomic E-state index is 0. The molecule has 0 aliphatic rings. The van der Waals surface area contributed by atoms with E-state index in [1.165, 1.54) is 16.7 Å². The highest BCUT2D eigenvalue weighted by Gasteiger charge is 2.06. The monoisotopic (exact) mass is 409 g/mol. The Bertz CT molecular complexity index is 579. The molecule has 0 heterocycles. The first-order valence-electron chi connectivity index (χ1n) is 7.26. The molecule has 2 aromatic rings. The Morgan fingerprint density at radius 1 is 1.05 bits per heavy atom. The number of hydrogen-bond acceptors (Lipinski definition) is 1. The molecule has 3 nitrogen and oxygen atoms in total. The van der Waals surface area contributed by atoms with Crippen molar-refractivity contribution < 1.29 is 0 Å². The summed E-state index contributed by atoms with van der Waals surface area (Å²) in [5.74, 6) is 0.812. The van der Waals surface area contributed by atoms with Crippen LogP contribution in [0.5, 0.6) is 0 Å². The van der Waals surface area contributed by atoms with Crippen LogP contribution >= 0.6 is 24.0 Å². The molecule has 4 heteroatoms. The summed E-state index contributed by atoms with van der Waals surface area (Å²) >= 11 is 0. The molecule has 0 radical (unpaired) electrons. The zero-order valence-electron chi connectivity index (χ0n) is 13.3. The van der Waals surface area contributed by atoms with Crippen LogP contribution in [-0.4, -0.2) is 13.0 Å². The number of aryl methyl sites for hydroxylation is 1. The van der Waals surface area contributed by atoms with E-state index in [1.54, 1.807) is 7.05 Å². The third kappa shape index (κ3) is 5.67. The normalized spacial score (nSPS) is 12.2. The predicted molar refractivity (Wildman–Crippen MR) is 105 cm³/mol. The van der Waals surface area contributed by atoms with Gasteiger partial charge >= 0.3 is 0 Å². The van der Waals surface area contributed by atoms with E-state index >= 15 is 0 Å². The summed E-state index contributed by atoms with van der Waals surface area (Å²) in [4.78, 5) is 4.28. The molecule has 2 N–H and O–H groups in total. The van der Waals surface area contributed by atoms with Crippen LogP contribution in [0.2, 0.25) is 0 Å².